The van der Waals surface area contributed by atoms with Crippen LogP contribution in [0.3, 0.4) is 0 Å². The Morgan fingerprint density at radius 2 is 1.69 bits per heavy atom. The van der Waals surface area contributed by atoms with Gasteiger partial charge in [-0.15, -0.1) is 5.10 Å². The van der Waals surface area contributed by atoms with Gasteiger partial charge in [0.05, 0.1) is 11.7 Å². The molecule has 2 fully saturated rings. The summed E-state index contributed by atoms with van der Waals surface area (Å²) in [7, 11) is 1.93. The summed E-state index contributed by atoms with van der Waals surface area (Å²) in [5, 5.41) is 8.70. The highest BCUT2D eigenvalue weighted by Crippen LogP contribution is 2.40. The largest absolute Gasteiger partial charge is 0.339 e. The van der Waals surface area contributed by atoms with Crippen LogP contribution in [0.2, 0.25) is 0 Å². The molecule has 0 bridgehead atoms. The van der Waals surface area contributed by atoms with Crippen molar-refractivity contribution in [3.8, 4) is 11.1 Å². The van der Waals surface area contributed by atoms with Gasteiger partial charge in [-0.3, -0.25) is 4.79 Å². The van der Waals surface area contributed by atoms with E-state index in [1.807, 2.05) is 59.1 Å². The zero-order valence-electron chi connectivity index (χ0n) is 16.7. The smallest absolute Gasteiger partial charge is 0.253 e. The number of nitrogens with zero attached hydrogens (tertiary/aromatic N) is 4. The van der Waals surface area contributed by atoms with E-state index < -0.39 is 0 Å². The third-order valence-electron chi connectivity index (χ3n) is 6.38. The molecule has 0 unspecified atom stereocenters. The Morgan fingerprint density at radius 3 is 2.41 bits per heavy atom. The maximum absolute atomic E-state index is 13.0. The molecule has 1 amide bonds. The van der Waals surface area contributed by atoms with Crippen molar-refractivity contribution in [3.05, 3.63) is 72.1 Å². The molecule has 2 aromatic carbocycles. The van der Waals surface area contributed by atoms with Crippen LogP contribution in [0.5, 0.6) is 0 Å². The SMILES string of the molecule is CN(C(=O)c1ccc(-c2ccccc2)cc1)[C@H]1CC[C@@H](n2cc(C3CC3)nn2)C1. The van der Waals surface area contributed by atoms with Gasteiger partial charge in [-0.2, -0.15) is 0 Å². The predicted octanol–water partition coefficient (Wildman–Crippen LogP) is 4.69. The van der Waals surface area contributed by atoms with Gasteiger partial charge in [-0.05, 0) is 55.4 Å². The second kappa shape index (κ2) is 7.47. The first-order chi connectivity index (χ1) is 14.2. The Balaban J connectivity index is 1.24. The monoisotopic (exact) mass is 386 g/mol. The lowest BCUT2D eigenvalue weighted by atomic mass is 10.0. The normalized spacial score (nSPS) is 21.3. The lowest BCUT2D eigenvalue weighted by Crippen LogP contribution is -2.35. The summed E-state index contributed by atoms with van der Waals surface area (Å²) >= 11 is 0. The van der Waals surface area contributed by atoms with Gasteiger partial charge in [0.15, 0.2) is 0 Å². The lowest BCUT2D eigenvalue weighted by Gasteiger charge is -2.25. The van der Waals surface area contributed by atoms with E-state index in [-0.39, 0.29) is 11.9 Å². The van der Waals surface area contributed by atoms with Crippen molar-refractivity contribution in [2.45, 2.75) is 50.1 Å². The van der Waals surface area contributed by atoms with Crippen LogP contribution in [0.15, 0.2) is 60.8 Å². The van der Waals surface area contributed by atoms with Crippen LogP contribution in [0, 0.1) is 0 Å². The molecular formula is C24H26N4O. The topological polar surface area (TPSA) is 51.0 Å². The third-order valence-corrected chi connectivity index (χ3v) is 6.38. The predicted molar refractivity (Wildman–Crippen MR) is 113 cm³/mol. The quantitative estimate of drug-likeness (QED) is 0.639. The maximum atomic E-state index is 13.0. The van der Waals surface area contributed by atoms with Gasteiger partial charge >= 0.3 is 0 Å². The number of hydrogen-bond donors (Lipinski definition) is 0. The Bertz CT molecular complexity index is 991. The maximum Gasteiger partial charge on any atom is 0.253 e. The molecule has 0 spiro atoms. The molecule has 0 radical (unpaired) electrons. The fraction of sp³-hybridized carbons (Fsp3) is 0.375. The fourth-order valence-electron chi connectivity index (χ4n) is 4.37. The zero-order chi connectivity index (χ0) is 19.8. The van der Waals surface area contributed by atoms with Crippen LogP contribution in [-0.4, -0.2) is 38.9 Å². The molecule has 29 heavy (non-hydrogen) atoms. The lowest BCUT2D eigenvalue weighted by molar-refractivity contribution is 0.0732. The summed E-state index contributed by atoms with van der Waals surface area (Å²) in [6.45, 7) is 0. The Hall–Kier alpha value is -2.95. The van der Waals surface area contributed by atoms with Crippen molar-refractivity contribution in [2.75, 3.05) is 7.05 Å². The van der Waals surface area contributed by atoms with Crippen LogP contribution >= 0.6 is 0 Å². The molecule has 2 saturated carbocycles. The minimum absolute atomic E-state index is 0.0903. The van der Waals surface area contributed by atoms with E-state index in [1.165, 1.54) is 12.8 Å². The van der Waals surface area contributed by atoms with E-state index in [1.54, 1.807) is 0 Å². The van der Waals surface area contributed by atoms with Crippen molar-refractivity contribution in [3.63, 3.8) is 0 Å². The average molecular weight is 386 g/mol. The molecule has 2 atom stereocenters. The second-order valence-corrected chi connectivity index (χ2v) is 8.38. The Labute approximate surface area is 171 Å². The van der Waals surface area contributed by atoms with E-state index in [9.17, 15) is 4.79 Å². The minimum Gasteiger partial charge on any atom is -0.339 e. The standard InChI is InChI=1S/C24H26N4O/c1-27(21-13-14-22(15-21)28-16-23(25-26-28)19-9-10-19)24(29)20-11-7-18(8-12-20)17-5-3-2-4-6-17/h2-8,11-12,16,19,21-22H,9-10,13-15H2,1H3/t21-,22+/m0/s1. The molecule has 5 nitrogen and oxygen atoms in total. The van der Waals surface area contributed by atoms with Crippen LogP contribution in [0.1, 0.15) is 60.1 Å². The van der Waals surface area contributed by atoms with Crippen molar-refractivity contribution in [1.29, 1.82) is 0 Å². The highest BCUT2D eigenvalue weighted by atomic mass is 16.2. The molecule has 1 heterocycles. The molecule has 0 aliphatic heterocycles. The summed E-state index contributed by atoms with van der Waals surface area (Å²) in [6.07, 6.45) is 7.60. The van der Waals surface area contributed by atoms with E-state index in [0.29, 0.717) is 12.0 Å². The highest BCUT2D eigenvalue weighted by Gasteiger charge is 2.33. The average Bonchev–Trinajstić information content (AvgIpc) is 3.30. The van der Waals surface area contributed by atoms with Gasteiger partial charge in [0, 0.05) is 30.8 Å². The molecule has 5 heteroatoms. The van der Waals surface area contributed by atoms with Crippen LogP contribution in [0.4, 0.5) is 0 Å². The molecule has 1 aromatic heterocycles. The summed E-state index contributed by atoms with van der Waals surface area (Å²) in [5.74, 6) is 0.719. The molecule has 2 aliphatic carbocycles. The van der Waals surface area contributed by atoms with Crippen LogP contribution in [0.25, 0.3) is 11.1 Å². The first-order valence-corrected chi connectivity index (χ1v) is 10.5. The number of carbonyl (C=O) groups is 1. The minimum atomic E-state index is 0.0903. The second-order valence-electron chi connectivity index (χ2n) is 8.38. The van der Waals surface area contributed by atoms with Crippen molar-refractivity contribution < 1.29 is 4.79 Å². The third kappa shape index (κ3) is 3.69. The van der Waals surface area contributed by atoms with E-state index >= 15 is 0 Å². The Morgan fingerprint density at radius 1 is 0.966 bits per heavy atom. The number of amides is 1. The van der Waals surface area contributed by atoms with E-state index in [0.717, 1.165) is 41.6 Å². The van der Waals surface area contributed by atoms with Gasteiger partial charge in [-0.25, -0.2) is 4.68 Å². The highest BCUT2D eigenvalue weighted by molar-refractivity contribution is 5.94. The molecule has 148 valence electrons. The summed E-state index contributed by atoms with van der Waals surface area (Å²) in [4.78, 5) is 14.9. The molecule has 5 rings (SSSR count). The first kappa shape index (κ1) is 18.1. The molecule has 0 saturated heterocycles. The van der Waals surface area contributed by atoms with Gasteiger partial charge in [0.25, 0.3) is 5.91 Å². The van der Waals surface area contributed by atoms with Crippen molar-refractivity contribution >= 4 is 5.91 Å². The van der Waals surface area contributed by atoms with Gasteiger partial charge in [0.1, 0.15) is 0 Å². The number of hydrogen-bond acceptors (Lipinski definition) is 3. The summed E-state index contributed by atoms with van der Waals surface area (Å²) in [5.41, 5.74) is 4.17. The van der Waals surface area contributed by atoms with Crippen molar-refractivity contribution in [2.24, 2.45) is 0 Å². The first-order valence-electron chi connectivity index (χ1n) is 10.5. The summed E-state index contributed by atoms with van der Waals surface area (Å²) in [6, 6.07) is 18.8. The van der Waals surface area contributed by atoms with E-state index in [2.05, 4.69) is 28.6 Å². The van der Waals surface area contributed by atoms with E-state index in [4.69, 9.17) is 0 Å². The summed E-state index contributed by atoms with van der Waals surface area (Å²) < 4.78 is 2.03. The van der Waals surface area contributed by atoms with Crippen LogP contribution in [-0.2, 0) is 0 Å². The number of carbonyl (C=O) groups excluding carboxylic acids is 1. The van der Waals surface area contributed by atoms with Crippen molar-refractivity contribution in [1.82, 2.24) is 19.9 Å². The van der Waals surface area contributed by atoms with Gasteiger partial charge < -0.3 is 4.90 Å². The number of aromatic nitrogens is 3. The van der Waals surface area contributed by atoms with Gasteiger partial charge in [-0.1, -0.05) is 47.7 Å². The molecular weight excluding hydrogens is 360 g/mol. The molecule has 0 N–H and O–H groups in total. The van der Waals surface area contributed by atoms with Gasteiger partial charge in [0.2, 0.25) is 0 Å². The molecule has 2 aliphatic rings. The fourth-order valence-corrected chi connectivity index (χ4v) is 4.37. The zero-order valence-corrected chi connectivity index (χ0v) is 16.7. The molecule has 3 aromatic rings. The number of rotatable bonds is 5. The van der Waals surface area contributed by atoms with Crippen LogP contribution < -0.4 is 0 Å². The number of benzene rings is 2. The Kier molecular flexibility index (Phi) is 4.66.